The number of benzene rings is 3. The lowest BCUT2D eigenvalue weighted by molar-refractivity contribution is -0.115. The first kappa shape index (κ1) is 17.8. The fraction of sp³-hybridized carbons (Fsp3) is 0.0455. The van der Waals surface area contributed by atoms with Crippen molar-refractivity contribution in [3.05, 3.63) is 83.5 Å². The molecule has 0 unspecified atom stereocenters. The minimum Gasteiger partial charge on any atom is -0.300 e. The highest BCUT2D eigenvalue weighted by atomic mass is 35.5. The van der Waals surface area contributed by atoms with Gasteiger partial charge < -0.3 is 5.32 Å². The van der Waals surface area contributed by atoms with E-state index in [4.69, 9.17) is 11.6 Å². The second-order valence-corrected chi connectivity index (χ2v) is 8.02. The van der Waals surface area contributed by atoms with Gasteiger partial charge in [0.25, 0.3) is 0 Å². The van der Waals surface area contributed by atoms with Crippen LogP contribution in [-0.4, -0.2) is 20.5 Å². The fourth-order valence-corrected chi connectivity index (χ4v) is 4.22. The molecule has 0 bridgehead atoms. The first-order chi connectivity index (χ1) is 14.2. The third-order valence-electron chi connectivity index (χ3n) is 4.66. The Kier molecular flexibility index (Phi) is 4.50. The van der Waals surface area contributed by atoms with Crippen LogP contribution in [0.3, 0.4) is 0 Å². The van der Waals surface area contributed by atoms with Gasteiger partial charge in [-0.1, -0.05) is 77.5 Å². The lowest BCUT2D eigenvalue weighted by Crippen LogP contribution is -2.14. The summed E-state index contributed by atoms with van der Waals surface area (Å²) < 4.78 is 1.68. The van der Waals surface area contributed by atoms with Crippen LogP contribution in [0.1, 0.15) is 5.56 Å². The number of fused-ring (bicyclic) bond motifs is 2. The maximum Gasteiger partial charge on any atom is 0.230 e. The summed E-state index contributed by atoms with van der Waals surface area (Å²) in [4.78, 5) is 17.9. The summed E-state index contributed by atoms with van der Waals surface area (Å²) >= 11 is 7.28. The highest BCUT2D eigenvalue weighted by Crippen LogP contribution is 2.26. The van der Waals surface area contributed by atoms with Crippen LogP contribution >= 0.6 is 22.9 Å². The van der Waals surface area contributed by atoms with Gasteiger partial charge >= 0.3 is 0 Å². The van der Waals surface area contributed by atoms with Crippen LogP contribution in [0.2, 0.25) is 5.02 Å². The van der Waals surface area contributed by atoms with E-state index >= 15 is 0 Å². The minimum absolute atomic E-state index is 0.101. The first-order valence-electron chi connectivity index (χ1n) is 9.04. The van der Waals surface area contributed by atoms with Gasteiger partial charge in [-0.15, -0.1) is 5.10 Å². The third kappa shape index (κ3) is 3.60. The molecule has 5 rings (SSSR count). The largest absolute Gasteiger partial charge is 0.300 e. The number of anilines is 1. The van der Waals surface area contributed by atoms with Crippen LogP contribution < -0.4 is 5.32 Å². The predicted molar refractivity (Wildman–Crippen MR) is 118 cm³/mol. The summed E-state index contributed by atoms with van der Waals surface area (Å²) in [5.41, 5.74) is 2.77. The molecule has 0 radical (unpaired) electrons. The Balaban J connectivity index is 1.34. The zero-order valence-electron chi connectivity index (χ0n) is 15.2. The highest BCUT2D eigenvalue weighted by Gasteiger charge is 2.13. The Morgan fingerprint density at radius 3 is 2.66 bits per heavy atom. The second kappa shape index (κ2) is 7.31. The van der Waals surface area contributed by atoms with Crippen LogP contribution in [0, 0.1) is 0 Å². The molecule has 0 aliphatic rings. The minimum atomic E-state index is -0.101. The molecular formula is C22H15ClN4OS. The van der Waals surface area contributed by atoms with Crippen molar-refractivity contribution in [2.45, 2.75) is 6.42 Å². The molecule has 0 atom stereocenters. The van der Waals surface area contributed by atoms with Crippen LogP contribution in [0.25, 0.3) is 27.0 Å². The zero-order valence-corrected chi connectivity index (χ0v) is 16.7. The average Bonchev–Trinajstić information content (AvgIpc) is 3.27. The van der Waals surface area contributed by atoms with Crippen LogP contribution in [0.5, 0.6) is 0 Å². The highest BCUT2D eigenvalue weighted by molar-refractivity contribution is 7.20. The number of hydrogen-bond donors (Lipinski definition) is 1. The van der Waals surface area contributed by atoms with E-state index in [0.29, 0.717) is 16.6 Å². The molecule has 2 heterocycles. The van der Waals surface area contributed by atoms with Gasteiger partial charge in [0.1, 0.15) is 0 Å². The third-order valence-corrected chi connectivity index (χ3v) is 5.75. The van der Waals surface area contributed by atoms with E-state index in [0.717, 1.165) is 32.6 Å². The van der Waals surface area contributed by atoms with E-state index in [1.807, 2.05) is 72.9 Å². The van der Waals surface area contributed by atoms with Crippen molar-refractivity contribution in [1.82, 2.24) is 14.6 Å². The number of amides is 1. The molecule has 2 aromatic heterocycles. The van der Waals surface area contributed by atoms with Crippen molar-refractivity contribution in [1.29, 1.82) is 0 Å². The number of hydrogen-bond acceptors (Lipinski definition) is 4. The van der Waals surface area contributed by atoms with Crippen molar-refractivity contribution in [2.75, 3.05) is 5.32 Å². The van der Waals surface area contributed by atoms with Gasteiger partial charge in [-0.25, -0.2) is 9.50 Å². The topological polar surface area (TPSA) is 59.3 Å². The maximum atomic E-state index is 12.6. The number of aromatic nitrogens is 3. The monoisotopic (exact) mass is 418 g/mol. The molecule has 5 nitrogen and oxygen atoms in total. The van der Waals surface area contributed by atoms with E-state index in [2.05, 4.69) is 15.4 Å². The summed E-state index contributed by atoms with van der Waals surface area (Å²) in [6.07, 6.45) is 2.13. The summed E-state index contributed by atoms with van der Waals surface area (Å²) in [5, 5.41) is 10.7. The molecule has 1 N–H and O–H groups in total. The van der Waals surface area contributed by atoms with E-state index in [1.54, 1.807) is 4.52 Å². The maximum absolute atomic E-state index is 12.6. The molecular weight excluding hydrogens is 404 g/mol. The van der Waals surface area contributed by atoms with Crippen molar-refractivity contribution >= 4 is 49.7 Å². The normalized spacial score (nSPS) is 11.2. The molecule has 0 aliphatic carbocycles. The van der Waals surface area contributed by atoms with Crippen molar-refractivity contribution in [3.8, 4) is 11.3 Å². The summed E-state index contributed by atoms with van der Waals surface area (Å²) in [7, 11) is 0. The molecule has 0 saturated heterocycles. The number of carbonyl (C=O) groups excluding carboxylic acids is 1. The van der Waals surface area contributed by atoms with Gasteiger partial charge in [0, 0.05) is 10.6 Å². The van der Waals surface area contributed by atoms with Crippen molar-refractivity contribution < 1.29 is 4.79 Å². The number of halogens is 1. The SMILES string of the molecule is O=C(Cc1cccc2ccccc12)Nc1nn2cc(-c3ccc(Cl)cc3)nc2s1. The molecule has 1 amide bonds. The Labute approximate surface area is 175 Å². The smallest absolute Gasteiger partial charge is 0.230 e. The second-order valence-electron chi connectivity index (χ2n) is 6.63. The van der Waals surface area contributed by atoms with Crippen molar-refractivity contribution in [2.24, 2.45) is 0 Å². The Bertz CT molecular complexity index is 1300. The first-order valence-corrected chi connectivity index (χ1v) is 10.2. The van der Waals surface area contributed by atoms with Gasteiger partial charge in [-0.3, -0.25) is 4.79 Å². The van der Waals surface area contributed by atoms with Gasteiger partial charge in [-0.05, 0) is 28.5 Å². The van der Waals surface area contributed by atoms with Gasteiger partial charge in [-0.2, -0.15) is 0 Å². The molecule has 142 valence electrons. The van der Waals surface area contributed by atoms with Crippen LogP contribution in [0.4, 0.5) is 5.13 Å². The number of rotatable bonds is 4. The molecule has 29 heavy (non-hydrogen) atoms. The Morgan fingerprint density at radius 2 is 1.83 bits per heavy atom. The lowest BCUT2D eigenvalue weighted by Gasteiger charge is -2.06. The lowest BCUT2D eigenvalue weighted by atomic mass is 10.0. The number of nitrogens with zero attached hydrogens (tertiary/aromatic N) is 3. The number of imidazole rings is 1. The molecule has 0 fully saturated rings. The molecule has 3 aromatic carbocycles. The summed E-state index contributed by atoms with van der Waals surface area (Å²) in [6.45, 7) is 0. The van der Waals surface area contributed by atoms with Gasteiger partial charge in [0.2, 0.25) is 16.0 Å². The van der Waals surface area contributed by atoms with E-state index < -0.39 is 0 Å². The molecule has 7 heteroatoms. The summed E-state index contributed by atoms with van der Waals surface area (Å²) in [5.74, 6) is -0.101. The van der Waals surface area contributed by atoms with Crippen LogP contribution in [-0.2, 0) is 11.2 Å². The molecule has 0 saturated carbocycles. The Hall–Kier alpha value is -3.22. The zero-order chi connectivity index (χ0) is 19.8. The van der Waals surface area contributed by atoms with Crippen LogP contribution in [0.15, 0.2) is 72.9 Å². The van der Waals surface area contributed by atoms with E-state index in [9.17, 15) is 4.79 Å². The standard InChI is InChI=1S/C22H15ClN4OS/c23-17-10-8-15(9-11-17)19-13-27-22(24-19)29-21(26-27)25-20(28)12-16-6-3-5-14-4-1-2-7-18(14)16/h1-11,13H,12H2,(H,25,26,28). The van der Waals surface area contributed by atoms with Gasteiger partial charge in [0.15, 0.2) is 0 Å². The Morgan fingerprint density at radius 1 is 1.03 bits per heavy atom. The molecule has 0 aliphatic heterocycles. The average molecular weight is 419 g/mol. The number of nitrogens with one attached hydrogen (secondary N) is 1. The predicted octanol–water partition coefficient (Wildman–Crippen LogP) is 5.45. The van der Waals surface area contributed by atoms with Gasteiger partial charge in [0.05, 0.1) is 18.3 Å². The summed E-state index contributed by atoms with van der Waals surface area (Å²) in [6, 6.07) is 21.6. The number of carbonyl (C=O) groups is 1. The van der Waals surface area contributed by atoms with E-state index in [1.165, 1.54) is 11.3 Å². The fourth-order valence-electron chi connectivity index (χ4n) is 3.29. The molecule has 5 aromatic rings. The molecule has 0 spiro atoms. The van der Waals surface area contributed by atoms with Crippen molar-refractivity contribution in [3.63, 3.8) is 0 Å². The quantitative estimate of drug-likeness (QED) is 0.422. The van der Waals surface area contributed by atoms with E-state index in [-0.39, 0.29) is 5.91 Å².